The molecule has 0 unspecified atom stereocenters. The molecule has 0 bridgehead atoms. The quantitative estimate of drug-likeness (QED) is 0.321. The zero-order valence-electron chi connectivity index (χ0n) is 9.93. The van der Waals surface area contributed by atoms with E-state index in [2.05, 4.69) is 15.7 Å². The standard InChI is InChI=1S/C11H9FIN5O2/c12-6-1-2-8(7(13)5-6)15-11-9(18(19)20)3-4-10(16-11)17-14/h1-5H,14H2,(H2,15,16,17). The van der Waals surface area contributed by atoms with E-state index in [1.807, 2.05) is 22.6 Å². The van der Waals surface area contributed by atoms with Crippen LogP contribution in [0, 0.1) is 19.5 Å². The summed E-state index contributed by atoms with van der Waals surface area (Å²) in [6.07, 6.45) is 0. The highest BCUT2D eigenvalue weighted by Crippen LogP contribution is 2.29. The van der Waals surface area contributed by atoms with Crippen molar-refractivity contribution in [2.75, 3.05) is 10.7 Å². The van der Waals surface area contributed by atoms with E-state index in [0.717, 1.165) is 0 Å². The number of nitrogens with one attached hydrogen (secondary N) is 2. The Hall–Kier alpha value is -2.01. The summed E-state index contributed by atoms with van der Waals surface area (Å²) in [7, 11) is 0. The average molecular weight is 389 g/mol. The van der Waals surface area contributed by atoms with Crippen LogP contribution in [0.4, 0.5) is 27.4 Å². The molecule has 0 spiro atoms. The number of halogens is 2. The SMILES string of the molecule is NNc1ccc([N+](=O)[O-])c(Nc2ccc(F)cc2I)n1. The molecule has 1 aromatic carbocycles. The molecule has 0 aliphatic rings. The molecule has 2 aromatic rings. The van der Waals surface area contributed by atoms with E-state index in [0.29, 0.717) is 9.26 Å². The van der Waals surface area contributed by atoms with E-state index >= 15 is 0 Å². The molecule has 0 saturated heterocycles. The second-order valence-electron chi connectivity index (χ2n) is 3.71. The molecule has 0 atom stereocenters. The molecule has 104 valence electrons. The zero-order chi connectivity index (χ0) is 14.7. The van der Waals surface area contributed by atoms with Gasteiger partial charge in [0.2, 0.25) is 5.82 Å². The molecule has 0 fully saturated rings. The largest absolute Gasteiger partial charge is 0.334 e. The van der Waals surface area contributed by atoms with Gasteiger partial charge in [-0.2, -0.15) is 0 Å². The maximum Gasteiger partial charge on any atom is 0.311 e. The van der Waals surface area contributed by atoms with Crippen LogP contribution in [0.3, 0.4) is 0 Å². The van der Waals surface area contributed by atoms with Crippen molar-refractivity contribution in [3.05, 3.63) is 49.8 Å². The lowest BCUT2D eigenvalue weighted by atomic mass is 10.3. The molecule has 0 aliphatic carbocycles. The fourth-order valence-corrected chi connectivity index (χ4v) is 2.10. The number of nitrogens with zero attached hydrogens (tertiary/aromatic N) is 2. The van der Waals surface area contributed by atoms with Crippen molar-refractivity contribution in [3.8, 4) is 0 Å². The van der Waals surface area contributed by atoms with Gasteiger partial charge in [0.25, 0.3) is 0 Å². The Labute approximate surface area is 126 Å². The van der Waals surface area contributed by atoms with Crippen LogP contribution in [0.5, 0.6) is 0 Å². The van der Waals surface area contributed by atoms with Crippen molar-refractivity contribution in [2.24, 2.45) is 5.84 Å². The number of hydrazine groups is 1. The summed E-state index contributed by atoms with van der Waals surface area (Å²) in [6, 6.07) is 6.70. The van der Waals surface area contributed by atoms with Crippen LogP contribution in [0.2, 0.25) is 0 Å². The van der Waals surface area contributed by atoms with Gasteiger partial charge >= 0.3 is 5.69 Å². The molecule has 1 heterocycles. The summed E-state index contributed by atoms with van der Waals surface area (Å²) in [4.78, 5) is 14.4. The highest BCUT2D eigenvalue weighted by atomic mass is 127. The fourth-order valence-electron chi connectivity index (χ4n) is 1.49. The number of nitrogens with two attached hydrogens (primary N) is 1. The van der Waals surface area contributed by atoms with Gasteiger partial charge in [0.05, 0.1) is 10.6 Å². The monoisotopic (exact) mass is 389 g/mol. The Morgan fingerprint density at radius 3 is 2.70 bits per heavy atom. The molecule has 0 amide bonds. The molecule has 4 N–H and O–H groups in total. The van der Waals surface area contributed by atoms with Crippen molar-refractivity contribution in [1.82, 2.24) is 4.98 Å². The third-order valence-electron chi connectivity index (χ3n) is 2.40. The number of anilines is 3. The average Bonchev–Trinajstić information content (AvgIpc) is 2.41. The van der Waals surface area contributed by atoms with Gasteiger partial charge in [0.15, 0.2) is 0 Å². The highest BCUT2D eigenvalue weighted by molar-refractivity contribution is 14.1. The van der Waals surface area contributed by atoms with E-state index in [-0.39, 0.29) is 23.1 Å². The minimum absolute atomic E-state index is 0.0231. The van der Waals surface area contributed by atoms with Gasteiger partial charge in [-0.05, 0) is 46.9 Å². The molecule has 9 heteroatoms. The molecule has 0 radical (unpaired) electrons. The number of hydrogen-bond acceptors (Lipinski definition) is 6. The predicted octanol–water partition coefficient (Wildman–Crippen LogP) is 2.76. The number of benzene rings is 1. The summed E-state index contributed by atoms with van der Waals surface area (Å²) >= 11 is 1.92. The molecule has 0 saturated carbocycles. The van der Waals surface area contributed by atoms with Crippen molar-refractivity contribution in [3.63, 3.8) is 0 Å². The topological polar surface area (TPSA) is 106 Å². The summed E-state index contributed by atoms with van der Waals surface area (Å²) in [5.74, 6) is 5.13. The first kappa shape index (κ1) is 14.4. The maximum absolute atomic E-state index is 13.0. The molecule has 1 aromatic heterocycles. The van der Waals surface area contributed by atoms with Gasteiger partial charge in [0.1, 0.15) is 11.6 Å². The Morgan fingerprint density at radius 1 is 1.35 bits per heavy atom. The first-order chi connectivity index (χ1) is 9.51. The second-order valence-corrected chi connectivity index (χ2v) is 4.88. The van der Waals surface area contributed by atoms with Crippen LogP contribution >= 0.6 is 22.6 Å². The highest BCUT2D eigenvalue weighted by Gasteiger charge is 2.17. The van der Waals surface area contributed by atoms with E-state index < -0.39 is 4.92 Å². The number of hydrogen-bond donors (Lipinski definition) is 3. The summed E-state index contributed by atoms with van der Waals surface area (Å²) in [5, 5.41) is 13.8. The Kier molecular flexibility index (Phi) is 4.29. The van der Waals surface area contributed by atoms with E-state index in [4.69, 9.17) is 5.84 Å². The number of nitro groups is 1. The van der Waals surface area contributed by atoms with Crippen molar-refractivity contribution < 1.29 is 9.31 Å². The van der Waals surface area contributed by atoms with E-state index in [1.165, 1.54) is 30.3 Å². The summed E-state index contributed by atoms with van der Waals surface area (Å²) < 4.78 is 13.6. The van der Waals surface area contributed by atoms with E-state index in [1.54, 1.807) is 0 Å². The van der Waals surface area contributed by atoms with Crippen LogP contribution in [-0.2, 0) is 0 Å². The van der Waals surface area contributed by atoms with Gasteiger partial charge < -0.3 is 10.7 Å². The normalized spacial score (nSPS) is 10.2. The molecule has 2 rings (SSSR count). The predicted molar refractivity (Wildman–Crippen MR) is 81.1 cm³/mol. The fraction of sp³-hybridized carbons (Fsp3) is 0. The molecule has 20 heavy (non-hydrogen) atoms. The molecule has 7 nitrogen and oxygen atoms in total. The van der Waals surface area contributed by atoms with Crippen LogP contribution in [0.1, 0.15) is 0 Å². The Balaban J connectivity index is 2.43. The summed E-state index contributed by atoms with van der Waals surface area (Å²) in [6.45, 7) is 0. The van der Waals surface area contributed by atoms with Crippen LogP contribution in [0.25, 0.3) is 0 Å². The second kappa shape index (κ2) is 5.96. The number of nitrogen functional groups attached to an aromatic ring is 1. The Morgan fingerprint density at radius 2 is 2.10 bits per heavy atom. The van der Waals surface area contributed by atoms with Gasteiger partial charge in [-0.15, -0.1) is 0 Å². The van der Waals surface area contributed by atoms with Crippen molar-refractivity contribution in [1.29, 1.82) is 0 Å². The number of pyridine rings is 1. The van der Waals surface area contributed by atoms with Crippen molar-refractivity contribution in [2.45, 2.75) is 0 Å². The van der Waals surface area contributed by atoms with Gasteiger partial charge in [-0.25, -0.2) is 15.2 Å². The minimum atomic E-state index is -0.563. The minimum Gasteiger partial charge on any atom is -0.334 e. The van der Waals surface area contributed by atoms with Crippen LogP contribution < -0.4 is 16.6 Å². The zero-order valence-corrected chi connectivity index (χ0v) is 12.1. The van der Waals surface area contributed by atoms with Gasteiger partial charge in [-0.1, -0.05) is 0 Å². The smallest absolute Gasteiger partial charge is 0.311 e. The Bertz CT molecular complexity index is 667. The van der Waals surface area contributed by atoms with Gasteiger partial charge in [0, 0.05) is 9.64 Å². The third kappa shape index (κ3) is 3.11. The molecular formula is C11H9FIN5O2. The lowest BCUT2D eigenvalue weighted by Crippen LogP contribution is -2.10. The molecular weight excluding hydrogens is 380 g/mol. The van der Waals surface area contributed by atoms with Crippen LogP contribution in [0.15, 0.2) is 30.3 Å². The lowest BCUT2D eigenvalue weighted by Gasteiger charge is -2.09. The number of rotatable bonds is 4. The van der Waals surface area contributed by atoms with Crippen molar-refractivity contribution >= 4 is 45.6 Å². The lowest BCUT2D eigenvalue weighted by molar-refractivity contribution is -0.384. The van der Waals surface area contributed by atoms with E-state index in [9.17, 15) is 14.5 Å². The molecule has 0 aliphatic heterocycles. The van der Waals surface area contributed by atoms with Gasteiger partial charge in [-0.3, -0.25) is 10.1 Å². The maximum atomic E-state index is 13.0. The van der Waals surface area contributed by atoms with Crippen LogP contribution in [-0.4, -0.2) is 9.91 Å². The first-order valence-corrected chi connectivity index (χ1v) is 6.43. The third-order valence-corrected chi connectivity index (χ3v) is 3.30. The number of aromatic nitrogens is 1. The first-order valence-electron chi connectivity index (χ1n) is 5.35. The summed E-state index contributed by atoms with van der Waals surface area (Å²) in [5.41, 5.74) is 2.61.